The van der Waals surface area contributed by atoms with E-state index in [1.54, 1.807) is 0 Å². The fourth-order valence-corrected chi connectivity index (χ4v) is 2.38. The molecule has 0 saturated carbocycles. The quantitative estimate of drug-likeness (QED) is 0.553. The van der Waals surface area contributed by atoms with Gasteiger partial charge in [-0.2, -0.15) is 0 Å². The van der Waals surface area contributed by atoms with Crippen molar-refractivity contribution in [3.8, 4) is 0 Å². The van der Waals surface area contributed by atoms with Crippen LogP contribution in [0.1, 0.15) is 81.1 Å². The fraction of sp³-hybridized carbons (Fsp3) is 0.900. The minimum absolute atomic E-state index is 0.0839. The van der Waals surface area contributed by atoms with Gasteiger partial charge < -0.3 is 9.47 Å². The molecule has 0 aromatic heterocycles. The third-order valence-electron chi connectivity index (χ3n) is 3.59. The van der Waals surface area contributed by atoms with Gasteiger partial charge in [-0.3, -0.25) is 9.59 Å². The normalized spacial score (nSPS) is 14.8. The van der Waals surface area contributed by atoms with Crippen LogP contribution >= 0.6 is 0 Å². The minimum Gasteiger partial charge on any atom is -0.465 e. The Morgan fingerprint density at radius 1 is 0.708 bits per heavy atom. The molecule has 4 heteroatoms. The summed E-state index contributed by atoms with van der Waals surface area (Å²) in [7, 11) is 0. The molecule has 0 heterocycles. The van der Waals surface area contributed by atoms with Gasteiger partial charge >= 0.3 is 11.9 Å². The summed E-state index contributed by atoms with van der Waals surface area (Å²) < 4.78 is 11.0. The minimum atomic E-state index is -0.412. The lowest BCUT2D eigenvalue weighted by molar-refractivity contribution is -0.164. The lowest BCUT2D eigenvalue weighted by Gasteiger charge is -2.27. The van der Waals surface area contributed by atoms with Gasteiger partial charge in [-0.15, -0.1) is 0 Å². The van der Waals surface area contributed by atoms with Crippen LogP contribution < -0.4 is 0 Å². The standard InChI is InChI=1S/C20H38O4/c1-9-11-15(17(21)23-13-19(3,4)5)16(12-10-2)18(22)24-14-20(6,7)8/h15-16H,9-14H2,1-8H3. The monoisotopic (exact) mass is 342 g/mol. The molecule has 0 rings (SSSR count). The van der Waals surface area contributed by atoms with Crippen LogP contribution in [0.4, 0.5) is 0 Å². The third-order valence-corrected chi connectivity index (χ3v) is 3.59. The molecule has 0 amide bonds. The van der Waals surface area contributed by atoms with Crippen molar-refractivity contribution < 1.29 is 19.1 Å². The summed E-state index contributed by atoms with van der Waals surface area (Å²) >= 11 is 0. The molecule has 0 spiro atoms. The second kappa shape index (κ2) is 10.0. The van der Waals surface area contributed by atoms with Crippen molar-refractivity contribution in [1.82, 2.24) is 0 Å². The number of carbonyl (C=O) groups is 2. The molecule has 0 radical (unpaired) electrons. The van der Waals surface area contributed by atoms with E-state index in [2.05, 4.69) is 0 Å². The SMILES string of the molecule is CCCC(C(=O)OCC(C)(C)C)C(CCC)C(=O)OCC(C)(C)C. The van der Waals surface area contributed by atoms with Gasteiger partial charge in [0.2, 0.25) is 0 Å². The Hall–Kier alpha value is -1.06. The Morgan fingerprint density at radius 3 is 1.21 bits per heavy atom. The highest BCUT2D eigenvalue weighted by atomic mass is 16.5. The zero-order chi connectivity index (χ0) is 19.0. The molecule has 2 unspecified atom stereocenters. The van der Waals surface area contributed by atoms with Gasteiger partial charge in [0.25, 0.3) is 0 Å². The van der Waals surface area contributed by atoms with Gasteiger partial charge in [0.1, 0.15) is 0 Å². The lowest BCUT2D eigenvalue weighted by atomic mass is 9.85. The Labute approximate surface area is 148 Å². The summed E-state index contributed by atoms with van der Waals surface area (Å²) in [5.74, 6) is -1.36. The fourth-order valence-electron chi connectivity index (χ4n) is 2.38. The van der Waals surface area contributed by atoms with Gasteiger partial charge in [0, 0.05) is 0 Å². The topological polar surface area (TPSA) is 52.6 Å². The molecule has 2 atom stereocenters. The number of carbonyl (C=O) groups excluding carboxylic acids is 2. The van der Waals surface area contributed by atoms with Crippen LogP contribution in [0.25, 0.3) is 0 Å². The number of hydrogen-bond acceptors (Lipinski definition) is 4. The summed E-state index contributed by atoms with van der Waals surface area (Å²) in [5.41, 5.74) is -0.168. The smallest absolute Gasteiger partial charge is 0.309 e. The maximum atomic E-state index is 12.6. The van der Waals surface area contributed by atoms with Crippen molar-refractivity contribution in [2.45, 2.75) is 81.1 Å². The van der Waals surface area contributed by atoms with E-state index in [0.29, 0.717) is 26.1 Å². The van der Waals surface area contributed by atoms with Crippen LogP contribution in [0.15, 0.2) is 0 Å². The predicted octanol–water partition coefficient (Wildman–Crippen LogP) is 5.00. The van der Waals surface area contributed by atoms with Crippen LogP contribution in [0.5, 0.6) is 0 Å². The number of hydrogen-bond donors (Lipinski definition) is 0. The van der Waals surface area contributed by atoms with Gasteiger partial charge in [0.15, 0.2) is 0 Å². The Kier molecular flexibility index (Phi) is 9.61. The number of rotatable bonds is 9. The molecule has 0 aromatic carbocycles. The highest BCUT2D eigenvalue weighted by Crippen LogP contribution is 2.27. The van der Waals surface area contributed by atoms with Crippen LogP contribution in [0.3, 0.4) is 0 Å². The van der Waals surface area contributed by atoms with E-state index in [0.717, 1.165) is 12.8 Å². The van der Waals surface area contributed by atoms with Gasteiger partial charge in [-0.25, -0.2) is 0 Å². The zero-order valence-corrected chi connectivity index (χ0v) is 17.0. The molecule has 0 aliphatic heterocycles. The van der Waals surface area contributed by atoms with E-state index >= 15 is 0 Å². The second-order valence-corrected chi connectivity index (χ2v) is 9.13. The average molecular weight is 343 g/mol. The number of ether oxygens (including phenoxy) is 2. The van der Waals surface area contributed by atoms with Crippen molar-refractivity contribution in [3.05, 3.63) is 0 Å². The van der Waals surface area contributed by atoms with E-state index in [1.807, 2.05) is 55.4 Å². The van der Waals surface area contributed by atoms with Crippen LogP contribution in [-0.2, 0) is 19.1 Å². The van der Waals surface area contributed by atoms with E-state index in [4.69, 9.17) is 9.47 Å². The van der Waals surface area contributed by atoms with E-state index in [9.17, 15) is 9.59 Å². The first-order valence-corrected chi connectivity index (χ1v) is 9.24. The largest absolute Gasteiger partial charge is 0.465 e. The first-order chi connectivity index (χ1) is 10.9. The van der Waals surface area contributed by atoms with Crippen molar-refractivity contribution in [1.29, 1.82) is 0 Å². The summed E-state index contributed by atoms with van der Waals surface area (Å²) in [6.07, 6.45) is 2.97. The molecule has 142 valence electrons. The molecule has 24 heavy (non-hydrogen) atoms. The molecular weight excluding hydrogens is 304 g/mol. The average Bonchev–Trinajstić information content (AvgIpc) is 2.44. The molecule has 0 aliphatic rings. The summed E-state index contributed by atoms with van der Waals surface area (Å²) in [6.45, 7) is 16.9. The van der Waals surface area contributed by atoms with E-state index in [-0.39, 0.29) is 22.8 Å². The summed E-state index contributed by atoms with van der Waals surface area (Å²) in [4.78, 5) is 25.1. The van der Waals surface area contributed by atoms with Crippen molar-refractivity contribution >= 4 is 11.9 Å². The van der Waals surface area contributed by atoms with Crippen LogP contribution in [-0.4, -0.2) is 25.2 Å². The Bertz CT molecular complexity index is 349. The molecule has 0 saturated heterocycles. The van der Waals surface area contributed by atoms with Crippen molar-refractivity contribution in [3.63, 3.8) is 0 Å². The molecule has 0 aromatic rings. The molecule has 0 fully saturated rings. The predicted molar refractivity (Wildman–Crippen MR) is 97.6 cm³/mol. The van der Waals surface area contributed by atoms with Crippen LogP contribution in [0.2, 0.25) is 0 Å². The van der Waals surface area contributed by atoms with Crippen molar-refractivity contribution in [2.75, 3.05) is 13.2 Å². The Balaban J connectivity index is 5.06. The molecule has 4 nitrogen and oxygen atoms in total. The highest BCUT2D eigenvalue weighted by Gasteiger charge is 2.35. The maximum absolute atomic E-state index is 12.6. The van der Waals surface area contributed by atoms with E-state index in [1.165, 1.54) is 0 Å². The molecular formula is C20H38O4. The van der Waals surface area contributed by atoms with Gasteiger partial charge in [-0.05, 0) is 23.7 Å². The second-order valence-electron chi connectivity index (χ2n) is 9.13. The molecule has 0 aliphatic carbocycles. The first-order valence-electron chi connectivity index (χ1n) is 9.24. The maximum Gasteiger partial charge on any atom is 0.309 e. The third kappa shape index (κ3) is 9.94. The van der Waals surface area contributed by atoms with Gasteiger partial charge in [0.05, 0.1) is 25.0 Å². The molecule has 0 bridgehead atoms. The first kappa shape index (κ1) is 22.9. The van der Waals surface area contributed by atoms with Crippen LogP contribution in [0, 0.1) is 22.7 Å². The molecule has 0 N–H and O–H groups in total. The zero-order valence-electron chi connectivity index (χ0n) is 17.0. The number of esters is 2. The highest BCUT2D eigenvalue weighted by molar-refractivity contribution is 5.82. The summed E-state index contributed by atoms with van der Waals surface area (Å²) in [6, 6.07) is 0. The lowest BCUT2D eigenvalue weighted by Crippen LogP contribution is -2.35. The van der Waals surface area contributed by atoms with Crippen molar-refractivity contribution in [2.24, 2.45) is 22.7 Å². The van der Waals surface area contributed by atoms with Gasteiger partial charge in [-0.1, -0.05) is 68.2 Å². The van der Waals surface area contributed by atoms with E-state index < -0.39 is 11.8 Å². The Morgan fingerprint density at radius 2 is 1.00 bits per heavy atom. The summed E-state index contributed by atoms with van der Waals surface area (Å²) in [5, 5.41) is 0.